The molecule has 2 rings (SSSR count). The molecule has 0 bridgehead atoms. The maximum atomic E-state index is 10.9. The number of carbonyl (C=O) groups is 1. The third-order valence-electron chi connectivity index (χ3n) is 2.93. The first-order chi connectivity index (χ1) is 6.61. The molecule has 1 N–H and O–H groups in total. The predicted octanol–water partition coefficient (Wildman–Crippen LogP) is 2.87. The summed E-state index contributed by atoms with van der Waals surface area (Å²) >= 11 is 3.46. The summed E-state index contributed by atoms with van der Waals surface area (Å²) in [5, 5.41) is 9.01. The highest BCUT2D eigenvalue weighted by atomic mass is 79.9. The summed E-state index contributed by atoms with van der Waals surface area (Å²) in [5.74, 6) is -0.998. The van der Waals surface area contributed by atoms with Gasteiger partial charge in [0.05, 0.1) is 5.92 Å². The normalized spacial score (nSPS) is 19.4. The molecule has 1 aliphatic carbocycles. The standard InChI is InChI=1S/C11H11BrO2/c1-6-7-2-3-9(11(13)14)8(7)4-5-10(6)12/h4-5,9H,2-3H2,1H3,(H,13,14). The van der Waals surface area contributed by atoms with Gasteiger partial charge in [-0.1, -0.05) is 22.0 Å². The summed E-state index contributed by atoms with van der Waals surface area (Å²) in [6.07, 6.45) is 1.62. The summed E-state index contributed by atoms with van der Waals surface area (Å²) in [5.41, 5.74) is 3.40. The molecule has 0 fully saturated rings. The third-order valence-corrected chi connectivity index (χ3v) is 3.78. The van der Waals surface area contributed by atoms with Gasteiger partial charge in [0.1, 0.15) is 0 Å². The largest absolute Gasteiger partial charge is 0.481 e. The molecule has 74 valence electrons. The van der Waals surface area contributed by atoms with Gasteiger partial charge in [-0.25, -0.2) is 0 Å². The van der Waals surface area contributed by atoms with Gasteiger partial charge in [-0.3, -0.25) is 4.79 Å². The van der Waals surface area contributed by atoms with E-state index in [9.17, 15) is 4.79 Å². The lowest BCUT2D eigenvalue weighted by atomic mass is 9.99. The molecule has 14 heavy (non-hydrogen) atoms. The molecule has 1 atom stereocenters. The molecule has 1 aliphatic rings. The molecule has 1 aromatic rings. The van der Waals surface area contributed by atoms with Gasteiger partial charge in [-0.05, 0) is 42.5 Å². The van der Waals surface area contributed by atoms with E-state index in [4.69, 9.17) is 5.11 Å². The molecule has 1 unspecified atom stereocenters. The van der Waals surface area contributed by atoms with Gasteiger partial charge in [0, 0.05) is 4.47 Å². The Labute approximate surface area is 91.1 Å². The molecule has 0 aliphatic heterocycles. The highest BCUT2D eigenvalue weighted by Crippen LogP contribution is 2.37. The Balaban J connectivity index is 2.53. The lowest BCUT2D eigenvalue weighted by molar-refractivity contribution is -0.138. The Bertz CT molecular complexity index is 399. The van der Waals surface area contributed by atoms with Crippen LogP contribution in [0.1, 0.15) is 29.0 Å². The van der Waals surface area contributed by atoms with Crippen LogP contribution in [0.5, 0.6) is 0 Å². The number of aliphatic carboxylic acids is 1. The first kappa shape index (κ1) is 9.71. The molecular formula is C11H11BrO2. The number of fused-ring (bicyclic) bond motifs is 1. The zero-order valence-electron chi connectivity index (χ0n) is 7.88. The van der Waals surface area contributed by atoms with Crippen LogP contribution in [0.4, 0.5) is 0 Å². The molecule has 3 heteroatoms. The van der Waals surface area contributed by atoms with Crippen molar-refractivity contribution in [2.75, 3.05) is 0 Å². The van der Waals surface area contributed by atoms with E-state index in [0.717, 1.165) is 22.9 Å². The fourth-order valence-electron chi connectivity index (χ4n) is 2.11. The Morgan fingerprint density at radius 1 is 1.57 bits per heavy atom. The van der Waals surface area contributed by atoms with Gasteiger partial charge < -0.3 is 5.11 Å². The summed E-state index contributed by atoms with van der Waals surface area (Å²) in [6.45, 7) is 2.03. The second kappa shape index (κ2) is 3.39. The lowest BCUT2D eigenvalue weighted by Crippen LogP contribution is -2.07. The maximum absolute atomic E-state index is 10.9. The second-order valence-electron chi connectivity index (χ2n) is 3.67. The summed E-state index contributed by atoms with van der Waals surface area (Å²) in [4.78, 5) is 10.9. The zero-order valence-corrected chi connectivity index (χ0v) is 9.47. The van der Waals surface area contributed by atoms with Crippen molar-refractivity contribution < 1.29 is 9.90 Å². The van der Waals surface area contributed by atoms with E-state index in [1.807, 2.05) is 19.1 Å². The number of carboxylic acid groups (broad SMARTS) is 1. The summed E-state index contributed by atoms with van der Waals surface area (Å²) < 4.78 is 1.07. The van der Waals surface area contributed by atoms with Crippen LogP contribution in [0, 0.1) is 6.92 Å². The van der Waals surface area contributed by atoms with Crippen molar-refractivity contribution in [2.24, 2.45) is 0 Å². The van der Waals surface area contributed by atoms with Crippen LogP contribution in [0.15, 0.2) is 16.6 Å². The zero-order chi connectivity index (χ0) is 10.3. The number of carboxylic acids is 1. The lowest BCUT2D eigenvalue weighted by Gasteiger charge is -2.08. The van der Waals surface area contributed by atoms with E-state index < -0.39 is 5.97 Å². The first-order valence-electron chi connectivity index (χ1n) is 4.62. The van der Waals surface area contributed by atoms with Crippen LogP contribution in [-0.2, 0) is 11.2 Å². The van der Waals surface area contributed by atoms with Gasteiger partial charge >= 0.3 is 5.97 Å². The van der Waals surface area contributed by atoms with Crippen LogP contribution in [0.25, 0.3) is 0 Å². The minimum absolute atomic E-state index is 0.295. The molecule has 1 aromatic carbocycles. The molecule has 0 radical (unpaired) electrons. The van der Waals surface area contributed by atoms with E-state index in [-0.39, 0.29) is 5.92 Å². The van der Waals surface area contributed by atoms with Gasteiger partial charge in [0.25, 0.3) is 0 Å². The molecule has 0 saturated carbocycles. The van der Waals surface area contributed by atoms with Crippen molar-refractivity contribution in [3.05, 3.63) is 33.3 Å². The minimum atomic E-state index is -0.703. The number of hydrogen-bond acceptors (Lipinski definition) is 1. The number of hydrogen-bond donors (Lipinski definition) is 1. The monoisotopic (exact) mass is 254 g/mol. The fourth-order valence-corrected chi connectivity index (χ4v) is 2.48. The molecule has 0 amide bonds. The van der Waals surface area contributed by atoms with Gasteiger partial charge in [0.15, 0.2) is 0 Å². The topological polar surface area (TPSA) is 37.3 Å². The Morgan fingerprint density at radius 3 is 2.93 bits per heavy atom. The van der Waals surface area contributed by atoms with Crippen molar-refractivity contribution in [3.8, 4) is 0 Å². The Morgan fingerprint density at radius 2 is 2.29 bits per heavy atom. The summed E-state index contributed by atoms with van der Waals surface area (Å²) in [7, 11) is 0. The quantitative estimate of drug-likeness (QED) is 0.837. The average Bonchev–Trinajstić information content (AvgIpc) is 2.55. The maximum Gasteiger partial charge on any atom is 0.310 e. The van der Waals surface area contributed by atoms with Gasteiger partial charge in [-0.2, -0.15) is 0 Å². The molecule has 0 saturated heterocycles. The second-order valence-corrected chi connectivity index (χ2v) is 4.52. The van der Waals surface area contributed by atoms with Crippen molar-refractivity contribution in [2.45, 2.75) is 25.7 Å². The fraction of sp³-hybridized carbons (Fsp3) is 0.364. The van der Waals surface area contributed by atoms with Gasteiger partial charge in [0.2, 0.25) is 0 Å². The van der Waals surface area contributed by atoms with Crippen LogP contribution < -0.4 is 0 Å². The van der Waals surface area contributed by atoms with E-state index in [2.05, 4.69) is 15.9 Å². The van der Waals surface area contributed by atoms with Crippen LogP contribution >= 0.6 is 15.9 Å². The molecule has 0 heterocycles. The number of rotatable bonds is 1. The average molecular weight is 255 g/mol. The van der Waals surface area contributed by atoms with Crippen molar-refractivity contribution in [3.63, 3.8) is 0 Å². The Hall–Kier alpha value is -0.830. The van der Waals surface area contributed by atoms with Crippen LogP contribution in [0.3, 0.4) is 0 Å². The smallest absolute Gasteiger partial charge is 0.310 e. The molecule has 0 spiro atoms. The highest BCUT2D eigenvalue weighted by Gasteiger charge is 2.29. The van der Waals surface area contributed by atoms with E-state index in [1.165, 1.54) is 11.1 Å². The van der Waals surface area contributed by atoms with E-state index in [0.29, 0.717) is 0 Å². The van der Waals surface area contributed by atoms with Crippen LogP contribution in [-0.4, -0.2) is 11.1 Å². The highest BCUT2D eigenvalue weighted by molar-refractivity contribution is 9.10. The SMILES string of the molecule is Cc1c(Br)ccc2c1CCC2C(=O)O. The third kappa shape index (κ3) is 1.36. The summed E-state index contributed by atoms with van der Waals surface area (Å²) in [6, 6.07) is 3.87. The molecule has 2 nitrogen and oxygen atoms in total. The van der Waals surface area contributed by atoms with Crippen molar-refractivity contribution in [1.82, 2.24) is 0 Å². The van der Waals surface area contributed by atoms with E-state index in [1.54, 1.807) is 0 Å². The predicted molar refractivity (Wildman–Crippen MR) is 57.6 cm³/mol. The molecule has 0 aromatic heterocycles. The molecular weight excluding hydrogens is 244 g/mol. The first-order valence-corrected chi connectivity index (χ1v) is 5.41. The Kier molecular flexibility index (Phi) is 2.35. The van der Waals surface area contributed by atoms with Crippen molar-refractivity contribution in [1.29, 1.82) is 0 Å². The van der Waals surface area contributed by atoms with Crippen LogP contribution in [0.2, 0.25) is 0 Å². The van der Waals surface area contributed by atoms with E-state index >= 15 is 0 Å². The number of halogens is 1. The van der Waals surface area contributed by atoms with Crippen molar-refractivity contribution >= 4 is 21.9 Å². The number of benzene rings is 1. The minimum Gasteiger partial charge on any atom is -0.481 e. The van der Waals surface area contributed by atoms with Gasteiger partial charge in [-0.15, -0.1) is 0 Å².